The number of aromatic nitrogens is 2. The molecular weight excluding hydrogens is 214 g/mol. The Kier molecular flexibility index (Phi) is 5.07. The summed E-state index contributed by atoms with van der Waals surface area (Å²) in [7, 11) is 0. The second-order valence-corrected chi connectivity index (χ2v) is 4.79. The van der Waals surface area contributed by atoms with E-state index in [0.717, 1.165) is 12.2 Å². The first kappa shape index (κ1) is 12.5. The zero-order valence-corrected chi connectivity index (χ0v) is 9.83. The van der Waals surface area contributed by atoms with Crippen molar-refractivity contribution >= 4 is 11.8 Å². The number of aliphatic hydroxyl groups is 1. The zero-order chi connectivity index (χ0) is 11.3. The Labute approximate surface area is 93.4 Å². The lowest BCUT2D eigenvalue weighted by molar-refractivity contribution is 0.236. The van der Waals surface area contributed by atoms with Gasteiger partial charge in [0.1, 0.15) is 6.04 Å². The van der Waals surface area contributed by atoms with Crippen molar-refractivity contribution in [2.45, 2.75) is 37.3 Å². The van der Waals surface area contributed by atoms with Gasteiger partial charge in [-0.05, 0) is 6.42 Å². The summed E-state index contributed by atoms with van der Waals surface area (Å²) in [6.45, 7) is 4.12. The van der Waals surface area contributed by atoms with Crippen LogP contribution in [0.3, 0.4) is 0 Å². The molecule has 2 atom stereocenters. The molecule has 1 unspecified atom stereocenters. The maximum Gasteiger partial charge on any atom is 0.245 e. The fourth-order valence-corrected chi connectivity index (χ4v) is 1.68. The third kappa shape index (κ3) is 3.81. The highest BCUT2D eigenvalue weighted by atomic mass is 32.2. The van der Waals surface area contributed by atoms with Crippen molar-refractivity contribution in [2.75, 3.05) is 6.61 Å². The Bertz CT molecular complexity index is 293. The van der Waals surface area contributed by atoms with Crippen molar-refractivity contribution in [3.63, 3.8) is 0 Å². The van der Waals surface area contributed by atoms with Gasteiger partial charge >= 0.3 is 0 Å². The minimum Gasteiger partial charge on any atom is -0.394 e. The first-order valence-electron chi connectivity index (χ1n) is 4.97. The van der Waals surface area contributed by atoms with Gasteiger partial charge in [-0.3, -0.25) is 0 Å². The molecule has 6 heteroatoms. The Morgan fingerprint density at radius 1 is 1.60 bits per heavy atom. The maximum absolute atomic E-state index is 8.80. The van der Waals surface area contributed by atoms with Crippen molar-refractivity contribution in [2.24, 2.45) is 5.73 Å². The minimum atomic E-state index is -0.570. The van der Waals surface area contributed by atoms with Gasteiger partial charge in [-0.1, -0.05) is 19.0 Å². The minimum absolute atomic E-state index is 0.180. The zero-order valence-electron chi connectivity index (χ0n) is 9.01. The van der Waals surface area contributed by atoms with Gasteiger partial charge in [-0.2, -0.15) is 16.7 Å². The van der Waals surface area contributed by atoms with Gasteiger partial charge < -0.3 is 15.4 Å². The number of nitrogens with two attached hydrogens (primary N) is 1. The van der Waals surface area contributed by atoms with Crippen molar-refractivity contribution in [1.82, 2.24) is 10.1 Å². The first-order valence-corrected chi connectivity index (χ1v) is 6.02. The predicted octanol–water partition coefficient (Wildman–Crippen LogP) is 1.09. The summed E-state index contributed by atoms with van der Waals surface area (Å²) < 4.78 is 4.92. The fourth-order valence-electron chi connectivity index (χ4n) is 0.889. The molecule has 0 aliphatic carbocycles. The van der Waals surface area contributed by atoms with Crippen LogP contribution >= 0.6 is 11.8 Å². The van der Waals surface area contributed by atoms with Gasteiger partial charge in [0.25, 0.3) is 0 Å². The molecule has 0 saturated heterocycles. The topological polar surface area (TPSA) is 85.2 Å². The van der Waals surface area contributed by atoms with E-state index in [9.17, 15) is 0 Å². The average molecular weight is 231 g/mol. The third-order valence-corrected chi connectivity index (χ3v) is 3.40. The van der Waals surface area contributed by atoms with Crippen LogP contribution in [0.15, 0.2) is 4.52 Å². The summed E-state index contributed by atoms with van der Waals surface area (Å²) in [5, 5.41) is 13.2. The highest BCUT2D eigenvalue weighted by Gasteiger charge is 2.13. The molecule has 0 amide bonds. The number of thioether (sulfide) groups is 1. The second kappa shape index (κ2) is 6.09. The number of hydrogen-bond acceptors (Lipinski definition) is 6. The molecule has 86 valence electrons. The summed E-state index contributed by atoms with van der Waals surface area (Å²) in [5.41, 5.74) is 5.54. The van der Waals surface area contributed by atoms with Crippen LogP contribution in [0.2, 0.25) is 0 Å². The third-order valence-electron chi connectivity index (χ3n) is 2.07. The number of rotatable bonds is 6. The smallest absolute Gasteiger partial charge is 0.245 e. The van der Waals surface area contributed by atoms with Crippen LogP contribution in [-0.4, -0.2) is 27.1 Å². The predicted molar refractivity (Wildman–Crippen MR) is 59.4 cm³/mol. The summed E-state index contributed by atoms with van der Waals surface area (Å²) >= 11 is 1.77. The van der Waals surface area contributed by atoms with Crippen LogP contribution < -0.4 is 5.73 Å². The van der Waals surface area contributed by atoms with Gasteiger partial charge in [0.2, 0.25) is 5.89 Å². The highest BCUT2D eigenvalue weighted by Crippen LogP contribution is 2.18. The van der Waals surface area contributed by atoms with E-state index in [1.165, 1.54) is 0 Å². The van der Waals surface area contributed by atoms with Crippen LogP contribution in [0, 0.1) is 0 Å². The summed E-state index contributed by atoms with van der Waals surface area (Å²) in [6, 6.07) is -0.570. The average Bonchev–Trinajstić information content (AvgIpc) is 2.73. The number of aliphatic hydroxyl groups excluding tert-OH is 1. The van der Waals surface area contributed by atoms with Gasteiger partial charge in [0.05, 0.1) is 12.4 Å². The molecule has 0 spiro atoms. The summed E-state index contributed by atoms with van der Waals surface area (Å²) in [4.78, 5) is 4.10. The van der Waals surface area contributed by atoms with E-state index in [0.29, 0.717) is 17.0 Å². The Morgan fingerprint density at radius 2 is 2.33 bits per heavy atom. The van der Waals surface area contributed by atoms with Crippen LogP contribution in [-0.2, 0) is 5.75 Å². The van der Waals surface area contributed by atoms with E-state index >= 15 is 0 Å². The summed E-state index contributed by atoms with van der Waals surface area (Å²) in [5.74, 6) is 1.66. The van der Waals surface area contributed by atoms with Gasteiger partial charge in [-0.25, -0.2) is 0 Å². The molecule has 0 fully saturated rings. The van der Waals surface area contributed by atoms with Crippen LogP contribution in [0.25, 0.3) is 0 Å². The molecule has 1 aromatic heterocycles. The quantitative estimate of drug-likeness (QED) is 0.762. The second-order valence-electron chi connectivity index (χ2n) is 3.37. The highest BCUT2D eigenvalue weighted by molar-refractivity contribution is 7.99. The molecule has 1 rings (SSSR count). The lowest BCUT2D eigenvalue weighted by atomic mass is 10.3. The Balaban J connectivity index is 2.46. The molecule has 0 aliphatic heterocycles. The number of nitrogens with zero attached hydrogens (tertiary/aromatic N) is 2. The molecule has 0 bridgehead atoms. The molecule has 0 saturated carbocycles. The van der Waals surface area contributed by atoms with Crippen molar-refractivity contribution in [3.8, 4) is 0 Å². The van der Waals surface area contributed by atoms with E-state index < -0.39 is 6.04 Å². The molecule has 1 heterocycles. The molecule has 0 aliphatic rings. The fraction of sp³-hybridized carbons (Fsp3) is 0.778. The largest absolute Gasteiger partial charge is 0.394 e. The Morgan fingerprint density at radius 3 is 2.93 bits per heavy atom. The monoisotopic (exact) mass is 231 g/mol. The van der Waals surface area contributed by atoms with Crippen molar-refractivity contribution in [1.29, 1.82) is 0 Å². The van der Waals surface area contributed by atoms with Gasteiger partial charge in [-0.15, -0.1) is 0 Å². The summed E-state index contributed by atoms with van der Waals surface area (Å²) in [6.07, 6.45) is 1.12. The van der Waals surface area contributed by atoms with Crippen LogP contribution in [0.5, 0.6) is 0 Å². The van der Waals surface area contributed by atoms with E-state index in [1.807, 2.05) is 0 Å². The van der Waals surface area contributed by atoms with Crippen molar-refractivity contribution < 1.29 is 9.63 Å². The first-order chi connectivity index (χ1) is 7.17. The molecule has 3 N–H and O–H groups in total. The van der Waals surface area contributed by atoms with Gasteiger partial charge in [0.15, 0.2) is 5.82 Å². The van der Waals surface area contributed by atoms with E-state index in [1.54, 1.807) is 11.8 Å². The lowest BCUT2D eigenvalue weighted by Crippen LogP contribution is -2.14. The van der Waals surface area contributed by atoms with Crippen molar-refractivity contribution in [3.05, 3.63) is 11.7 Å². The standard InChI is InChI=1S/C9H17N3O2S/c1-3-6(2)15-5-8-11-9(14-12-8)7(10)4-13/h6-7,13H,3-5,10H2,1-2H3/t6?,7-/m0/s1. The van der Waals surface area contributed by atoms with Crippen LogP contribution in [0.4, 0.5) is 0 Å². The molecule has 1 aromatic rings. The number of hydrogen-bond donors (Lipinski definition) is 2. The van der Waals surface area contributed by atoms with E-state index in [2.05, 4.69) is 24.0 Å². The molecule has 0 aromatic carbocycles. The molecular formula is C9H17N3O2S. The Hall–Kier alpha value is -0.590. The normalized spacial score (nSPS) is 15.2. The van der Waals surface area contributed by atoms with E-state index in [-0.39, 0.29) is 6.61 Å². The van der Waals surface area contributed by atoms with Gasteiger partial charge in [0, 0.05) is 5.25 Å². The molecule has 5 nitrogen and oxygen atoms in total. The maximum atomic E-state index is 8.80. The lowest BCUT2D eigenvalue weighted by Gasteiger charge is -2.04. The molecule has 15 heavy (non-hydrogen) atoms. The SMILES string of the molecule is CCC(C)SCc1noc([C@@H](N)CO)n1. The molecule has 0 radical (unpaired) electrons. The van der Waals surface area contributed by atoms with Crippen LogP contribution in [0.1, 0.15) is 38.0 Å². The van der Waals surface area contributed by atoms with E-state index in [4.69, 9.17) is 15.4 Å².